The molecule has 0 unspecified atom stereocenters. The molecule has 0 saturated heterocycles. The predicted molar refractivity (Wildman–Crippen MR) is 119 cm³/mol. The van der Waals surface area contributed by atoms with Crippen molar-refractivity contribution in [3.05, 3.63) is 63.4 Å². The van der Waals surface area contributed by atoms with Gasteiger partial charge in [0, 0.05) is 23.9 Å². The molecule has 1 aromatic carbocycles. The molecule has 0 saturated carbocycles. The molecule has 0 aliphatic carbocycles. The summed E-state index contributed by atoms with van der Waals surface area (Å²) in [6, 6.07) is 7.58. The van der Waals surface area contributed by atoms with E-state index in [9.17, 15) is 9.59 Å². The zero-order chi connectivity index (χ0) is 22.2. The largest absolute Gasteiger partial charge is 0.487 e. The molecule has 1 aliphatic rings. The monoisotopic (exact) mass is 423 g/mol. The molecule has 1 amide bonds. The average molecular weight is 424 g/mol. The third-order valence-corrected chi connectivity index (χ3v) is 6.00. The molecule has 0 spiro atoms. The minimum absolute atomic E-state index is 0.00415. The molecule has 1 aliphatic heterocycles. The van der Waals surface area contributed by atoms with Crippen LogP contribution in [-0.2, 0) is 24.1 Å². The van der Waals surface area contributed by atoms with Crippen molar-refractivity contribution in [1.29, 1.82) is 0 Å². The Balaban J connectivity index is 1.51. The highest BCUT2D eigenvalue weighted by Gasteiger charge is 2.28. The number of furan rings is 1. The third kappa shape index (κ3) is 4.68. The number of rotatable bonds is 6. The first-order chi connectivity index (χ1) is 14.7. The number of fused-ring (bicyclic) bond motifs is 2. The Kier molecular flexibility index (Phi) is 5.65. The number of carbonyl (C=O) groups excluding carboxylic acids is 1. The van der Waals surface area contributed by atoms with Crippen molar-refractivity contribution < 1.29 is 18.4 Å². The Bertz CT molecular complexity index is 1160. The minimum atomic E-state index is -0.474. The van der Waals surface area contributed by atoms with Gasteiger partial charge >= 0.3 is 5.63 Å². The number of hydrogen-bond acceptors (Lipinski definition) is 5. The maximum absolute atomic E-state index is 12.7. The molecule has 0 bridgehead atoms. The molecule has 164 valence electrons. The number of benzene rings is 1. The van der Waals surface area contributed by atoms with Crippen molar-refractivity contribution in [2.45, 2.75) is 71.4 Å². The highest BCUT2D eigenvalue weighted by atomic mass is 16.5. The van der Waals surface area contributed by atoms with Gasteiger partial charge in [0.15, 0.2) is 0 Å². The Hall–Kier alpha value is -3.02. The van der Waals surface area contributed by atoms with E-state index in [0.717, 1.165) is 53.7 Å². The quantitative estimate of drug-likeness (QED) is 0.591. The fourth-order valence-corrected chi connectivity index (χ4v) is 4.11. The smallest absolute Gasteiger partial charge is 0.340 e. The van der Waals surface area contributed by atoms with E-state index >= 15 is 0 Å². The van der Waals surface area contributed by atoms with Crippen LogP contribution in [0.4, 0.5) is 0 Å². The van der Waals surface area contributed by atoms with Crippen LogP contribution in [0.15, 0.2) is 44.2 Å². The van der Waals surface area contributed by atoms with E-state index in [4.69, 9.17) is 13.6 Å². The first-order valence-corrected chi connectivity index (χ1v) is 10.8. The standard InChI is InChI=1S/C25H29NO5/c1-15(7-8-18-6-5-11-29-18)26-23(27)13-20-16(2)19-12-17-9-10-25(3,4)31-21(17)14-22(19)30-24(20)28/h5-6,11-12,14-15H,7-10,13H2,1-4H3,(H,26,27)/t15-/m1/s1. The molecule has 3 heterocycles. The molecule has 0 radical (unpaired) electrons. The van der Waals surface area contributed by atoms with Gasteiger partial charge in [-0.2, -0.15) is 0 Å². The van der Waals surface area contributed by atoms with Crippen molar-refractivity contribution in [2.24, 2.45) is 0 Å². The van der Waals surface area contributed by atoms with Crippen molar-refractivity contribution in [3.8, 4) is 5.75 Å². The van der Waals surface area contributed by atoms with E-state index in [1.807, 2.05) is 32.0 Å². The molecule has 3 aromatic rings. The highest BCUT2D eigenvalue weighted by Crippen LogP contribution is 2.36. The molecule has 0 fully saturated rings. The third-order valence-electron chi connectivity index (χ3n) is 6.00. The van der Waals surface area contributed by atoms with E-state index in [0.29, 0.717) is 11.1 Å². The Morgan fingerprint density at radius 1 is 1.29 bits per heavy atom. The SMILES string of the molecule is Cc1c(CC(=O)N[C@H](C)CCc2ccco2)c(=O)oc2cc3c(cc12)CCC(C)(C)O3. The lowest BCUT2D eigenvalue weighted by Crippen LogP contribution is -2.35. The summed E-state index contributed by atoms with van der Waals surface area (Å²) >= 11 is 0. The summed E-state index contributed by atoms with van der Waals surface area (Å²) in [4.78, 5) is 25.2. The van der Waals surface area contributed by atoms with Crippen LogP contribution in [0.3, 0.4) is 0 Å². The minimum Gasteiger partial charge on any atom is -0.487 e. The number of carbonyl (C=O) groups is 1. The maximum atomic E-state index is 12.7. The van der Waals surface area contributed by atoms with Gasteiger partial charge in [-0.05, 0) is 76.3 Å². The summed E-state index contributed by atoms with van der Waals surface area (Å²) in [5.74, 6) is 1.47. The molecule has 4 rings (SSSR count). The molecule has 6 heteroatoms. The van der Waals surface area contributed by atoms with Crippen molar-refractivity contribution in [1.82, 2.24) is 5.32 Å². The summed E-state index contributed by atoms with van der Waals surface area (Å²) in [5, 5.41) is 3.83. The zero-order valence-electron chi connectivity index (χ0n) is 18.5. The molecule has 31 heavy (non-hydrogen) atoms. The number of amides is 1. The normalized spacial score (nSPS) is 15.9. The lowest BCUT2D eigenvalue weighted by atomic mass is 9.92. The van der Waals surface area contributed by atoms with Crippen LogP contribution in [0.2, 0.25) is 0 Å². The summed E-state index contributed by atoms with van der Waals surface area (Å²) in [6.07, 6.45) is 4.97. The Morgan fingerprint density at radius 2 is 2.10 bits per heavy atom. The summed E-state index contributed by atoms with van der Waals surface area (Å²) in [5.41, 5.74) is 2.08. The van der Waals surface area contributed by atoms with Crippen molar-refractivity contribution in [2.75, 3.05) is 0 Å². The molecule has 1 atom stereocenters. The summed E-state index contributed by atoms with van der Waals surface area (Å²) in [6.45, 7) is 7.93. The van der Waals surface area contributed by atoms with Crippen LogP contribution < -0.4 is 15.7 Å². The van der Waals surface area contributed by atoms with Gasteiger partial charge in [-0.3, -0.25) is 4.79 Å². The van der Waals surface area contributed by atoms with Crippen LogP contribution in [0.5, 0.6) is 5.75 Å². The van der Waals surface area contributed by atoms with Gasteiger partial charge in [-0.25, -0.2) is 4.79 Å². The fraction of sp³-hybridized carbons (Fsp3) is 0.440. The lowest BCUT2D eigenvalue weighted by molar-refractivity contribution is -0.121. The Morgan fingerprint density at radius 3 is 2.84 bits per heavy atom. The van der Waals surface area contributed by atoms with E-state index in [2.05, 4.69) is 19.2 Å². The van der Waals surface area contributed by atoms with Gasteiger partial charge in [0.1, 0.15) is 22.7 Å². The van der Waals surface area contributed by atoms with E-state index in [-0.39, 0.29) is 24.0 Å². The van der Waals surface area contributed by atoms with Gasteiger partial charge in [0.2, 0.25) is 5.91 Å². The molecular formula is C25H29NO5. The second-order valence-corrected chi connectivity index (χ2v) is 9.07. The van der Waals surface area contributed by atoms with Crippen LogP contribution >= 0.6 is 0 Å². The first-order valence-electron chi connectivity index (χ1n) is 10.8. The Labute approximate surface area is 181 Å². The van der Waals surface area contributed by atoms with Gasteiger partial charge in [-0.1, -0.05) is 0 Å². The van der Waals surface area contributed by atoms with Crippen LogP contribution in [0.1, 0.15) is 56.1 Å². The number of nitrogens with one attached hydrogen (secondary N) is 1. The van der Waals surface area contributed by atoms with E-state index < -0.39 is 5.63 Å². The van der Waals surface area contributed by atoms with Gasteiger partial charge < -0.3 is 18.9 Å². The molecule has 6 nitrogen and oxygen atoms in total. The van der Waals surface area contributed by atoms with Crippen LogP contribution in [0, 0.1) is 6.92 Å². The van der Waals surface area contributed by atoms with Gasteiger partial charge in [0.05, 0.1) is 18.2 Å². The predicted octanol–water partition coefficient (Wildman–Crippen LogP) is 4.48. The average Bonchev–Trinajstić information content (AvgIpc) is 3.21. The van der Waals surface area contributed by atoms with Crippen molar-refractivity contribution in [3.63, 3.8) is 0 Å². The van der Waals surface area contributed by atoms with Crippen LogP contribution in [-0.4, -0.2) is 17.6 Å². The number of hydrogen-bond donors (Lipinski definition) is 1. The molecular weight excluding hydrogens is 394 g/mol. The number of ether oxygens (including phenoxy) is 1. The molecule has 2 aromatic heterocycles. The van der Waals surface area contributed by atoms with Gasteiger partial charge in [0.25, 0.3) is 0 Å². The maximum Gasteiger partial charge on any atom is 0.340 e. The summed E-state index contributed by atoms with van der Waals surface area (Å²) < 4.78 is 17.0. The van der Waals surface area contributed by atoms with Gasteiger partial charge in [-0.15, -0.1) is 0 Å². The second kappa shape index (κ2) is 8.25. The zero-order valence-corrected chi connectivity index (χ0v) is 18.5. The first kappa shape index (κ1) is 21.2. The second-order valence-electron chi connectivity index (χ2n) is 9.07. The highest BCUT2D eigenvalue weighted by molar-refractivity contribution is 5.86. The molecule has 1 N–H and O–H groups in total. The number of aryl methyl sites for hydroxylation is 3. The van der Waals surface area contributed by atoms with Crippen LogP contribution in [0.25, 0.3) is 11.0 Å². The van der Waals surface area contributed by atoms with E-state index in [1.54, 1.807) is 12.3 Å². The van der Waals surface area contributed by atoms with E-state index in [1.165, 1.54) is 0 Å². The topological polar surface area (TPSA) is 81.7 Å². The lowest BCUT2D eigenvalue weighted by Gasteiger charge is -2.32. The van der Waals surface area contributed by atoms with Crippen molar-refractivity contribution >= 4 is 16.9 Å². The summed E-state index contributed by atoms with van der Waals surface area (Å²) in [7, 11) is 0. The fourth-order valence-electron chi connectivity index (χ4n) is 4.11.